The lowest BCUT2D eigenvalue weighted by atomic mass is 10.1. The summed E-state index contributed by atoms with van der Waals surface area (Å²) in [6.45, 7) is 6.17. The molecule has 0 radical (unpaired) electrons. The first-order valence-electron chi connectivity index (χ1n) is 12.1. The lowest BCUT2D eigenvalue weighted by Crippen LogP contribution is -2.74. The Labute approximate surface area is 218 Å². The molecule has 0 aliphatic rings. The first-order chi connectivity index (χ1) is 17.6. The van der Waals surface area contributed by atoms with Crippen molar-refractivity contribution in [3.05, 3.63) is 119 Å². The van der Waals surface area contributed by atoms with Gasteiger partial charge in [-0.05, 0) is 48.4 Å². The van der Waals surface area contributed by atoms with Crippen LogP contribution in [-0.2, 0) is 0 Å². The summed E-state index contributed by atoms with van der Waals surface area (Å²) < 4.78 is 0. The summed E-state index contributed by atoms with van der Waals surface area (Å²) in [7, 11) is -2.98. The molecule has 0 fully saturated rings. The van der Waals surface area contributed by atoms with Crippen LogP contribution in [0.5, 0.6) is 0 Å². The lowest BCUT2D eigenvalue weighted by Gasteiger charge is -2.34. The van der Waals surface area contributed by atoms with Crippen molar-refractivity contribution in [2.45, 2.75) is 27.7 Å². The molecule has 4 rings (SSSR count). The fraction of sp³-hybridized carbons (Fsp3) is 0.125. The Morgan fingerprint density at radius 2 is 0.514 bits per heavy atom. The van der Waals surface area contributed by atoms with E-state index in [-0.39, 0.29) is 23.1 Å². The third kappa shape index (κ3) is 4.91. The Hall–Kier alpha value is -4.22. The number of carbonyl (C=O) groups is 4. The van der Waals surface area contributed by atoms with Crippen LogP contribution in [-0.4, -0.2) is 31.2 Å². The molecule has 0 atom stereocenters. The van der Waals surface area contributed by atoms with E-state index in [1.165, 1.54) is 0 Å². The van der Waals surface area contributed by atoms with E-state index in [1.807, 2.05) is 97.1 Å². The van der Waals surface area contributed by atoms with Crippen molar-refractivity contribution >= 4 is 52.0 Å². The number of rotatable bonds is 8. The number of benzene rings is 4. The van der Waals surface area contributed by atoms with Gasteiger partial charge in [0.25, 0.3) is 0 Å². The minimum atomic E-state index is -2.98. The van der Waals surface area contributed by atoms with Crippen molar-refractivity contribution < 1.29 is 19.2 Å². The van der Waals surface area contributed by atoms with Gasteiger partial charge in [0.2, 0.25) is 0 Å². The van der Waals surface area contributed by atoms with Crippen LogP contribution in [0.1, 0.15) is 69.1 Å². The predicted molar refractivity (Wildman–Crippen MR) is 150 cm³/mol. The topological polar surface area (TPSA) is 68.3 Å². The van der Waals surface area contributed by atoms with Gasteiger partial charge in [-0.2, -0.15) is 0 Å². The van der Waals surface area contributed by atoms with Crippen molar-refractivity contribution in [3.8, 4) is 0 Å². The SMILES string of the molecule is CC(=O)c1ccc([Si](c2ccc(C(C)=O)cc2)(c2ccc(C(C)=O)cc2)c2ccc(C(C)=O)cc2)cc1. The molecule has 5 heteroatoms. The molecule has 0 saturated carbocycles. The molecule has 37 heavy (non-hydrogen) atoms. The van der Waals surface area contributed by atoms with E-state index < -0.39 is 8.07 Å². The molecule has 0 aliphatic carbocycles. The summed E-state index contributed by atoms with van der Waals surface area (Å²) in [5, 5.41) is 4.16. The molecule has 0 unspecified atom stereocenters. The number of hydrogen-bond acceptors (Lipinski definition) is 4. The Bertz CT molecular complexity index is 1250. The number of hydrogen-bond donors (Lipinski definition) is 0. The van der Waals surface area contributed by atoms with Crippen LogP contribution in [0.3, 0.4) is 0 Å². The molecule has 0 saturated heterocycles. The fourth-order valence-corrected chi connectivity index (χ4v) is 9.49. The van der Waals surface area contributed by atoms with E-state index in [9.17, 15) is 19.2 Å². The van der Waals surface area contributed by atoms with Gasteiger partial charge < -0.3 is 0 Å². The largest absolute Gasteiger partial charge is 0.295 e. The van der Waals surface area contributed by atoms with Gasteiger partial charge >= 0.3 is 0 Å². The van der Waals surface area contributed by atoms with E-state index in [2.05, 4.69) is 0 Å². The third-order valence-electron chi connectivity index (χ3n) is 6.90. The van der Waals surface area contributed by atoms with Gasteiger partial charge in [-0.3, -0.25) is 19.2 Å². The second-order valence-corrected chi connectivity index (χ2v) is 13.1. The van der Waals surface area contributed by atoms with Crippen LogP contribution in [0.4, 0.5) is 0 Å². The van der Waals surface area contributed by atoms with Gasteiger partial charge in [0, 0.05) is 22.3 Å². The molecule has 0 spiro atoms. The first-order valence-corrected chi connectivity index (χ1v) is 14.1. The van der Waals surface area contributed by atoms with E-state index >= 15 is 0 Å². The average Bonchev–Trinajstić information content (AvgIpc) is 2.90. The van der Waals surface area contributed by atoms with E-state index in [0.717, 1.165) is 20.7 Å². The van der Waals surface area contributed by atoms with Crippen LogP contribution in [0.25, 0.3) is 0 Å². The monoisotopic (exact) mass is 504 g/mol. The Morgan fingerprint density at radius 1 is 0.351 bits per heavy atom. The van der Waals surface area contributed by atoms with Crippen molar-refractivity contribution in [2.75, 3.05) is 0 Å². The van der Waals surface area contributed by atoms with Crippen LogP contribution >= 0.6 is 0 Å². The molecule has 0 N–H and O–H groups in total. The van der Waals surface area contributed by atoms with Crippen LogP contribution < -0.4 is 20.7 Å². The Kier molecular flexibility index (Phi) is 7.27. The van der Waals surface area contributed by atoms with E-state index in [0.29, 0.717) is 22.3 Å². The standard InChI is InChI=1S/C32H28O4Si/c1-21(33)25-5-13-29(14-6-25)37(30-15-7-26(8-16-30)22(2)34,31-17-9-27(10-18-31)23(3)35)32-19-11-28(12-20-32)24(4)36/h5-20H,1-4H3. The van der Waals surface area contributed by atoms with Crippen molar-refractivity contribution in [3.63, 3.8) is 0 Å². The second-order valence-electron chi connectivity index (χ2n) is 9.28. The van der Waals surface area contributed by atoms with Crippen LogP contribution in [0, 0.1) is 0 Å². The van der Waals surface area contributed by atoms with Gasteiger partial charge in [-0.15, -0.1) is 0 Å². The molecule has 4 aromatic rings. The molecule has 4 aromatic carbocycles. The molecular formula is C32H28O4Si. The molecule has 0 amide bonds. The van der Waals surface area contributed by atoms with Crippen molar-refractivity contribution in [2.24, 2.45) is 0 Å². The fourth-order valence-electron chi connectivity index (χ4n) is 4.82. The molecule has 0 aliphatic heterocycles. The third-order valence-corrected chi connectivity index (χ3v) is 11.7. The maximum absolute atomic E-state index is 12.0. The number of ketones is 4. The summed E-state index contributed by atoms with van der Waals surface area (Å²) in [6, 6.07) is 30.8. The Balaban J connectivity index is 2.09. The van der Waals surface area contributed by atoms with Gasteiger partial charge in [-0.1, -0.05) is 97.1 Å². The zero-order chi connectivity index (χ0) is 26.7. The Morgan fingerprint density at radius 3 is 0.649 bits per heavy atom. The zero-order valence-electron chi connectivity index (χ0n) is 21.4. The quantitative estimate of drug-likeness (QED) is 0.208. The first kappa shape index (κ1) is 25.9. The highest BCUT2D eigenvalue weighted by molar-refractivity contribution is 7.19. The zero-order valence-corrected chi connectivity index (χ0v) is 22.4. The molecule has 0 bridgehead atoms. The summed E-state index contributed by atoms with van der Waals surface area (Å²) in [5.41, 5.74) is 2.49. The highest BCUT2D eigenvalue weighted by Gasteiger charge is 2.41. The van der Waals surface area contributed by atoms with Crippen molar-refractivity contribution in [1.82, 2.24) is 0 Å². The number of Topliss-reactive ketones (excluding diaryl/α,β-unsaturated/α-hetero) is 4. The molecular weight excluding hydrogens is 476 g/mol. The summed E-state index contributed by atoms with van der Waals surface area (Å²) in [5.74, 6) is -0.0509. The summed E-state index contributed by atoms with van der Waals surface area (Å²) in [4.78, 5) is 48.1. The maximum Gasteiger partial charge on any atom is 0.179 e. The second kappa shape index (κ2) is 10.4. The van der Waals surface area contributed by atoms with Gasteiger partial charge in [0.15, 0.2) is 31.2 Å². The minimum absolute atomic E-state index is 0.0127. The van der Waals surface area contributed by atoms with Gasteiger partial charge in [0.1, 0.15) is 0 Å². The summed E-state index contributed by atoms with van der Waals surface area (Å²) >= 11 is 0. The summed E-state index contributed by atoms with van der Waals surface area (Å²) in [6.07, 6.45) is 0. The van der Waals surface area contributed by atoms with Crippen LogP contribution in [0.2, 0.25) is 0 Å². The van der Waals surface area contributed by atoms with Gasteiger partial charge in [0.05, 0.1) is 0 Å². The predicted octanol–water partition coefficient (Wildman–Crippen LogP) is 3.87. The molecule has 4 nitrogen and oxygen atoms in total. The number of carbonyl (C=O) groups excluding carboxylic acids is 4. The molecule has 0 aromatic heterocycles. The van der Waals surface area contributed by atoms with Crippen molar-refractivity contribution in [1.29, 1.82) is 0 Å². The van der Waals surface area contributed by atoms with E-state index in [4.69, 9.17) is 0 Å². The van der Waals surface area contributed by atoms with E-state index in [1.54, 1.807) is 27.7 Å². The smallest absolute Gasteiger partial charge is 0.179 e. The maximum atomic E-state index is 12.0. The highest BCUT2D eigenvalue weighted by Crippen LogP contribution is 2.14. The molecule has 0 heterocycles. The highest BCUT2D eigenvalue weighted by atomic mass is 28.3. The molecule has 184 valence electrons. The lowest BCUT2D eigenvalue weighted by molar-refractivity contribution is 0.100. The average molecular weight is 505 g/mol. The normalized spacial score (nSPS) is 11.1. The van der Waals surface area contributed by atoms with Crippen LogP contribution in [0.15, 0.2) is 97.1 Å². The van der Waals surface area contributed by atoms with Gasteiger partial charge in [-0.25, -0.2) is 0 Å². The minimum Gasteiger partial charge on any atom is -0.295 e.